The fraction of sp³-hybridized carbons (Fsp3) is 0.351. The lowest BCUT2D eigenvalue weighted by atomic mass is 9.42. The summed E-state index contributed by atoms with van der Waals surface area (Å²) in [6.07, 6.45) is -0.0348. The molecule has 12 heteroatoms. The molecule has 6 rings (SSSR count). The van der Waals surface area contributed by atoms with E-state index in [1.54, 1.807) is 75.6 Å². The Hall–Kier alpha value is -5.20. The summed E-state index contributed by atoms with van der Waals surface area (Å²) in [6, 6.07) is 15.3. The smallest absolute Gasteiger partial charge is 0.255 e. The average molecular weight is 668 g/mol. The van der Waals surface area contributed by atoms with Crippen LogP contribution in [-0.2, 0) is 25.6 Å². The molecule has 0 radical (unpaired) electrons. The number of Topliss-reactive ketones (excluding diaryl/α,β-unsaturated/α-hetero) is 4. The Kier molecular flexibility index (Phi) is 7.88. The molecule has 2 amide bonds. The summed E-state index contributed by atoms with van der Waals surface area (Å²) in [4.78, 5) is 82.7. The molecule has 3 aliphatic carbocycles. The fourth-order valence-electron chi connectivity index (χ4n) is 8.67. The Morgan fingerprint density at radius 2 is 1.57 bits per heavy atom. The standard InChI is InChI=1S/C37H37N3O9/c1-35-16-23-22(18-6-10-20(11-7-18)39-34(47)19-8-12-21(49-5)13-9-19)14-15-24(41)25(23)28(42)27(35)32(45)37(48)31(44)26(33(38)46)29(43)30(40(3)4)36(37,2)17-35/h6-15,26-27,30,41,48H,16-17H2,1-5H3,(H2,38,46)(H,39,47)/t26?,27?,30-,35+,36+,37-/m1/s1. The molecule has 0 heterocycles. The van der Waals surface area contributed by atoms with Gasteiger partial charge >= 0.3 is 0 Å². The van der Waals surface area contributed by atoms with Crippen molar-refractivity contribution in [3.05, 3.63) is 77.4 Å². The highest BCUT2D eigenvalue weighted by Gasteiger charge is 2.76. The largest absolute Gasteiger partial charge is 0.507 e. The number of primary amides is 1. The first-order chi connectivity index (χ1) is 23.0. The Morgan fingerprint density at radius 1 is 0.939 bits per heavy atom. The third-order valence-electron chi connectivity index (χ3n) is 10.7. The van der Waals surface area contributed by atoms with Crippen LogP contribution in [-0.4, -0.2) is 82.9 Å². The molecule has 3 aliphatic rings. The number of likely N-dealkylation sites (N-methyl/N-ethyl adjacent to an activating group) is 1. The molecule has 0 saturated heterocycles. The van der Waals surface area contributed by atoms with Gasteiger partial charge in [-0.1, -0.05) is 32.0 Å². The number of rotatable bonds is 6. The van der Waals surface area contributed by atoms with E-state index in [-0.39, 0.29) is 30.1 Å². The van der Waals surface area contributed by atoms with E-state index in [9.17, 15) is 39.0 Å². The minimum absolute atomic E-state index is 0.0810. The Labute approximate surface area is 282 Å². The summed E-state index contributed by atoms with van der Waals surface area (Å²) < 4.78 is 5.14. The number of nitrogens with zero attached hydrogens (tertiary/aromatic N) is 1. The van der Waals surface area contributed by atoms with Crippen LogP contribution in [0.4, 0.5) is 5.69 Å². The highest BCUT2D eigenvalue weighted by atomic mass is 16.5. The first-order valence-electron chi connectivity index (χ1n) is 15.8. The second kappa shape index (κ2) is 11.5. The van der Waals surface area contributed by atoms with Crippen LogP contribution >= 0.6 is 0 Å². The summed E-state index contributed by atoms with van der Waals surface area (Å²) in [5, 5.41) is 25.9. The van der Waals surface area contributed by atoms with E-state index in [1.165, 1.54) is 25.0 Å². The van der Waals surface area contributed by atoms with Gasteiger partial charge in [0.05, 0.1) is 24.6 Å². The summed E-state index contributed by atoms with van der Waals surface area (Å²) in [7, 11) is 4.62. The minimum atomic E-state index is -2.87. The van der Waals surface area contributed by atoms with Gasteiger partial charge in [-0.05, 0) is 91.5 Å². The SMILES string of the molecule is COc1ccc(C(=O)Nc2ccc(-c3ccc(O)c4c3C[C@@]3(C)C[C@@]5(C)[C@H](N(C)C)C(=O)C(C(N)=O)C(=O)[C@@]5(O)C(=O)C3C4=O)cc2)cc1. The van der Waals surface area contributed by atoms with E-state index in [1.807, 2.05) is 0 Å². The van der Waals surface area contributed by atoms with Gasteiger partial charge in [0.1, 0.15) is 11.5 Å². The van der Waals surface area contributed by atoms with Crippen molar-refractivity contribution in [3.63, 3.8) is 0 Å². The van der Waals surface area contributed by atoms with Crippen molar-refractivity contribution in [2.75, 3.05) is 26.5 Å². The molecule has 254 valence electrons. The molecular formula is C37H37N3O9. The molecule has 3 aromatic rings. The highest BCUT2D eigenvalue weighted by Crippen LogP contribution is 2.62. The average Bonchev–Trinajstić information content (AvgIpc) is 3.03. The summed E-state index contributed by atoms with van der Waals surface area (Å²) >= 11 is 0. The Morgan fingerprint density at radius 3 is 2.14 bits per heavy atom. The number of aromatic hydroxyl groups is 1. The van der Waals surface area contributed by atoms with E-state index < -0.39 is 63.3 Å². The highest BCUT2D eigenvalue weighted by molar-refractivity contribution is 6.33. The number of ketones is 4. The van der Waals surface area contributed by atoms with Crippen molar-refractivity contribution in [1.29, 1.82) is 0 Å². The van der Waals surface area contributed by atoms with E-state index in [4.69, 9.17) is 10.5 Å². The number of phenolic OH excluding ortho intramolecular Hbond substituents is 1. The van der Waals surface area contributed by atoms with Gasteiger partial charge in [0.25, 0.3) is 5.91 Å². The number of nitrogens with two attached hydrogens (primary N) is 1. The van der Waals surface area contributed by atoms with Crippen molar-refractivity contribution in [1.82, 2.24) is 4.90 Å². The maximum atomic E-state index is 14.4. The van der Waals surface area contributed by atoms with Gasteiger partial charge in [-0.15, -0.1) is 0 Å². The molecule has 0 aromatic heterocycles. The predicted molar refractivity (Wildman–Crippen MR) is 177 cm³/mol. The first-order valence-corrected chi connectivity index (χ1v) is 15.8. The lowest BCUT2D eigenvalue weighted by Gasteiger charge is -2.61. The number of methoxy groups -OCH3 is 1. The van der Waals surface area contributed by atoms with Crippen LogP contribution in [0.2, 0.25) is 0 Å². The lowest BCUT2D eigenvalue weighted by Crippen LogP contribution is -2.79. The number of carbonyl (C=O) groups is 6. The van der Waals surface area contributed by atoms with E-state index in [0.29, 0.717) is 33.7 Å². The molecule has 2 saturated carbocycles. The number of hydrogen-bond donors (Lipinski definition) is 4. The van der Waals surface area contributed by atoms with Crippen LogP contribution in [0, 0.1) is 22.7 Å². The molecule has 0 spiro atoms. The van der Waals surface area contributed by atoms with E-state index in [2.05, 4.69) is 5.32 Å². The second-order valence-corrected chi connectivity index (χ2v) is 14.0. The molecule has 6 atom stereocenters. The number of hydrogen-bond acceptors (Lipinski definition) is 10. The topological polar surface area (TPSA) is 193 Å². The number of ether oxygens (including phenoxy) is 1. The monoisotopic (exact) mass is 667 g/mol. The zero-order chi connectivity index (χ0) is 35.8. The number of aliphatic hydroxyl groups is 1. The van der Waals surface area contributed by atoms with Crippen molar-refractivity contribution in [3.8, 4) is 22.6 Å². The number of anilines is 1. The number of amides is 2. The van der Waals surface area contributed by atoms with Crippen molar-refractivity contribution < 1.29 is 43.7 Å². The summed E-state index contributed by atoms with van der Waals surface area (Å²) in [5.41, 5.74) is 2.22. The number of phenols is 1. The first kappa shape index (κ1) is 33.7. The van der Waals surface area contributed by atoms with Gasteiger partial charge in [0, 0.05) is 16.7 Å². The molecule has 49 heavy (non-hydrogen) atoms. The van der Waals surface area contributed by atoms with Gasteiger partial charge in [0.2, 0.25) is 5.91 Å². The zero-order valence-corrected chi connectivity index (χ0v) is 27.7. The van der Waals surface area contributed by atoms with Crippen LogP contribution < -0.4 is 15.8 Å². The van der Waals surface area contributed by atoms with Gasteiger partial charge in [-0.2, -0.15) is 0 Å². The van der Waals surface area contributed by atoms with Crippen LogP contribution in [0.3, 0.4) is 0 Å². The molecule has 2 unspecified atom stereocenters. The molecular weight excluding hydrogens is 630 g/mol. The summed E-state index contributed by atoms with van der Waals surface area (Å²) in [6.45, 7) is 3.17. The lowest BCUT2D eigenvalue weighted by molar-refractivity contribution is -0.203. The maximum absolute atomic E-state index is 14.4. The van der Waals surface area contributed by atoms with E-state index >= 15 is 0 Å². The molecule has 3 aromatic carbocycles. The van der Waals surface area contributed by atoms with Crippen molar-refractivity contribution in [2.45, 2.75) is 38.3 Å². The van der Waals surface area contributed by atoms with Gasteiger partial charge in [-0.25, -0.2) is 0 Å². The molecule has 0 aliphatic heterocycles. The normalized spacial score (nSPS) is 29.2. The van der Waals surface area contributed by atoms with Crippen LogP contribution in [0.5, 0.6) is 11.5 Å². The second-order valence-electron chi connectivity index (χ2n) is 14.0. The third-order valence-corrected chi connectivity index (χ3v) is 10.7. The van der Waals surface area contributed by atoms with Crippen molar-refractivity contribution >= 4 is 40.6 Å². The maximum Gasteiger partial charge on any atom is 0.255 e. The number of nitrogens with one attached hydrogen (secondary N) is 1. The third kappa shape index (κ3) is 4.80. The quantitative estimate of drug-likeness (QED) is 0.284. The Bertz CT molecular complexity index is 1950. The van der Waals surface area contributed by atoms with Crippen LogP contribution in [0.25, 0.3) is 11.1 Å². The van der Waals surface area contributed by atoms with Gasteiger partial charge in [0.15, 0.2) is 34.7 Å². The molecule has 12 nitrogen and oxygen atoms in total. The molecule has 0 bridgehead atoms. The van der Waals surface area contributed by atoms with Crippen LogP contribution in [0.15, 0.2) is 60.7 Å². The Balaban J connectivity index is 1.39. The summed E-state index contributed by atoms with van der Waals surface area (Å²) in [5.74, 6) is -8.99. The van der Waals surface area contributed by atoms with E-state index in [0.717, 1.165) is 0 Å². The molecule has 2 fully saturated rings. The van der Waals surface area contributed by atoms with Gasteiger partial charge < -0.3 is 26.0 Å². The zero-order valence-electron chi connectivity index (χ0n) is 27.7. The van der Waals surface area contributed by atoms with Crippen molar-refractivity contribution in [2.24, 2.45) is 28.4 Å². The number of carbonyl (C=O) groups excluding carboxylic acids is 6. The number of benzene rings is 3. The van der Waals surface area contributed by atoms with Gasteiger partial charge in [-0.3, -0.25) is 33.7 Å². The molecule has 5 N–H and O–H groups in total. The number of fused-ring (bicyclic) bond motifs is 3. The fourth-order valence-corrected chi connectivity index (χ4v) is 8.67. The predicted octanol–water partition coefficient (Wildman–Crippen LogP) is 2.58. The minimum Gasteiger partial charge on any atom is -0.507 e. The van der Waals surface area contributed by atoms with Crippen LogP contribution in [0.1, 0.15) is 46.5 Å².